The maximum absolute atomic E-state index is 12.0. The fourth-order valence-electron chi connectivity index (χ4n) is 2.30. The summed E-state index contributed by atoms with van der Waals surface area (Å²) in [5.41, 5.74) is 0. The fourth-order valence-corrected chi connectivity index (χ4v) is 3.36. The van der Waals surface area contributed by atoms with E-state index in [0.717, 1.165) is 19.0 Å². The monoisotopic (exact) mass is 310 g/mol. The van der Waals surface area contributed by atoms with Gasteiger partial charge >= 0.3 is 0 Å². The molecule has 0 spiro atoms. The highest BCUT2D eigenvalue weighted by molar-refractivity contribution is 7.89. The number of benzene rings is 1. The van der Waals surface area contributed by atoms with Crippen LogP contribution in [0.15, 0.2) is 40.2 Å². The zero-order valence-electron chi connectivity index (χ0n) is 12.2. The van der Waals surface area contributed by atoms with Gasteiger partial charge in [-0.2, -0.15) is 0 Å². The molecule has 1 heterocycles. The number of guanidine groups is 1. The van der Waals surface area contributed by atoms with E-state index in [9.17, 15) is 8.42 Å². The van der Waals surface area contributed by atoms with Crippen molar-refractivity contribution in [1.29, 1.82) is 0 Å². The molecule has 0 saturated carbocycles. The maximum Gasteiger partial charge on any atom is 0.240 e. The molecule has 0 radical (unpaired) electrons. The Morgan fingerprint density at radius 3 is 2.48 bits per heavy atom. The first-order chi connectivity index (χ1) is 10.1. The molecule has 1 aliphatic rings. The summed E-state index contributed by atoms with van der Waals surface area (Å²) in [6.45, 7) is 2.85. The second-order valence-electron chi connectivity index (χ2n) is 4.88. The number of hydrogen-bond acceptors (Lipinski definition) is 3. The second-order valence-corrected chi connectivity index (χ2v) is 6.65. The molecule has 0 bridgehead atoms. The van der Waals surface area contributed by atoms with Crippen LogP contribution in [0.2, 0.25) is 0 Å². The van der Waals surface area contributed by atoms with E-state index in [1.165, 1.54) is 12.8 Å². The van der Waals surface area contributed by atoms with Crippen LogP contribution in [0.3, 0.4) is 0 Å². The van der Waals surface area contributed by atoms with Crippen molar-refractivity contribution in [2.45, 2.75) is 17.7 Å². The van der Waals surface area contributed by atoms with Crippen LogP contribution in [-0.4, -0.2) is 52.5 Å². The third kappa shape index (κ3) is 4.44. The Bertz CT molecular complexity index is 566. The fraction of sp³-hybridized carbons (Fsp3) is 0.500. The normalized spacial score (nSPS) is 16.2. The van der Waals surface area contributed by atoms with Gasteiger partial charge in [-0.05, 0) is 25.0 Å². The van der Waals surface area contributed by atoms with Gasteiger partial charge in [0.15, 0.2) is 5.96 Å². The van der Waals surface area contributed by atoms with Gasteiger partial charge in [0.05, 0.1) is 4.90 Å². The minimum Gasteiger partial charge on any atom is -0.355 e. The van der Waals surface area contributed by atoms with E-state index in [0.29, 0.717) is 13.1 Å². The van der Waals surface area contributed by atoms with Gasteiger partial charge in [-0.15, -0.1) is 0 Å². The molecule has 0 aromatic heterocycles. The highest BCUT2D eigenvalue weighted by Gasteiger charge is 2.16. The molecule has 2 rings (SSSR count). The van der Waals surface area contributed by atoms with Gasteiger partial charge in [-0.3, -0.25) is 4.99 Å². The highest BCUT2D eigenvalue weighted by atomic mass is 32.2. The Hall–Kier alpha value is -1.60. The third-order valence-corrected chi connectivity index (χ3v) is 4.85. The molecule has 1 aromatic rings. The van der Waals surface area contributed by atoms with Crippen molar-refractivity contribution in [2.24, 2.45) is 4.99 Å². The van der Waals surface area contributed by atoms with E-state index in [2.05, 4.69) is 19.9 Å². The molecule has 1 fully saturated rings. The smallest absolute Gasteiger partial charge is 0.240 e. The minimum absolute atomic E-state index is 0.286. The van der Waals surface area contributed by atoms with E-state index in [-0.39, 0.29) is 4.90 Å². The average Bonchev–Trinajstić information content (AvgIpc) is 3.02. The van der Waals surface area contributed by atoms with Gasteiger partial charge in [0.2, 0.25) is 10.0 Å². The predicted molar refractivity (Wildman–Crippen MR) is 83.8 cm³/mol. The van der Waals surface area contributed by atoms with E-state index >= 15 is 0 Å². The lowest BCUT2D eigenvalue weighted by atomic mass is 10.4. The largest absolute Gasteiger partial charge is 0.355 e. The average molecular weight is 310 g/mol. The number of nitrogens with zero attached hydrogens (tertiary/aromatic N) is 2. The van der Waals surface area contributed by atoms with E-state index in [1.54, 1.807) is 37.4 Å². The standard InChI is InChI=1S/C14H22N4O2S/c1-15-14(18-11-5-6-12-18)16-9-10-17-21(19,20)13-7-3-2-4-8-13/h2-4,7-8,17H,5-6,9-12H2,1H3,(H,15,16). The third-order valence-electron chi connectivity index (χ3n) is 3.37. The molecule has 6 nitrogen and oxygen atoms in total. The molecular formula is C14H22N4O2S. The van der Waals surface area contributed by atoms with Gasteiger partial charge in [-0.25, -0.2) is 13.1 Å². The summed E-state index contributed by atoms with van der Waals surface area (Å²) in [4.78, 5) is 6.69. The summed E-state index contributed by atoms with van der Waals surface area (Å²) >= 11 is 0. The van der Waals surface area contributed by atoms with Crippen LogP contribution in [0, 0.1) is 0 Å². The molecule has 0 unspecified atom stereocenters. The SMILES string of the molecule is CN=C(NCCNS(=O)(=O)c1ccccc1)N1CCCC1. The van der Waals surface area contributed by atoms with Crippen LogP contribution in [0.1, 0.15) is 12.8 Å². The lowest BCUT2D eigenvalue weighted by molar-refractivity contribution is 0.493. The van der Waals surface area contributed by atoms with Gasteiger partial charge in [-0.1, -0.05) is 18.2 Å². The number of rotatable bonds is 5. The summed E-state index contributed by atoms with van der Waals surface area (Å²) in [6.07, 6.45) is 2.36. The molecule has 1 aliphatic heterocycles. The molecule has 1 aromatic carbocycles. The molecule has 0 amide bonds. The zero-order chi connectivity index (χ0) is 15.1. The summed E-state index contributed by atoms with van der Waals surface area (Å²) < 4.78 is 26.6. The topological polar surface area (TPSA) is 73.8 Å². The molecule has 7 heteroatoms. The molecule has 0 aliphatic carbocycles. The second kappa shape index (κ2) is 7.42. The van der Waals surface area contributed by atoms with Gasteiger partial charge in [0.1, 0.15) is 0 Å². The first-order valence-electron chi connectivity index (χ1n) is 7.14. The van der Waals surface area contributed by atoms with Crippen LogP contribution in [0.4, 0.5) is 0 Å². The van der Waals surface area contributed by atoms with Crippen molar-refractivity contribution in [3.63, 3.8) is 0 Å². The first kappa shape index (κ1) is 15.8. The van der Waals surface area contributed by atoms with Crippen LogP contribution in [0.25, 0.3) is 0 Å². The van der Waals surface area contributed by atoms with Gasteiger partial charge in [0.25, 0.3) is 0 Å². The summed E-state index contributed by atoms with van der Waals surface area (Å²) in [6, 6.07) is 8.38. The van der Waals surface area contributed by atoms with Crippen LogP contribution in [-0.2, 0) is 10.0 Å². The Kier molecular flexibility index (Phi) is 5.58. The van der Waals surface area contributed by atoms with Crippen molar-refractivity contribution in [1.82, 2.24) is 14.9 Å². The lowest BCUT2D eigenvalue weighted by Gasteiger charge is -2.20. The van der Waals surface area contributed by atoms with Crippen LogP contribution < -0.4 is 10.0 Å². The maximum atomic E-state index is 12.0. The molecule has 116 valence electrons. The van der Waals surface area contributed by atoms with Crippen molar-refractivity contribution < 1.29 is 8.42 Å². The van der Waals surface area contributed by atoms with E-state index < -0.39 is 10.0 Å². The lowest BCUT2D eigenvalue weighted by Crippen LogP contribution is -2.42. The molecule has 21 heavy (non-hydrogen) atoms. The number of hydrogen-bond donors (Lipinski definition) is 2. The van der Waals surface area contributed by atoms with Gasteiger partial charge in [0, 0.05) is 33.2 Å². The Labute approximate surface area is 126 Å². The highest BCUT2D eigenvalue weighted by Crippen LogP contribution is 2.07. The summed E-state index contributed by atoms with van der Waals surface area (Å²) in [5.74, 6) is 0.839. The first-order valence-corrected chi connectivity index (χ1v) is 8.62. The molecule has 2 N–H and O–H groups in total. The van der Waals surface area contributed by atoms with E-state index in [4.69, 9.17) is 0 Å². The molecular weight excluding hydrogens is 288 g/mol. The van der Waals surface area contributed by atoms with Crippen LogP contribution >= 0.6 is 0 Å². The number of sulfonamides is 1. The van der Waals surface area contributed by atoms with Crippen molar-refractivity contribution >= 4 is 16.0 Å². The molecule has 0 atom stereocenters. The Balaban J connectivity index is 1.79. The van der Waals surface area contributed by atoms with Crippen molar-refractivity contribution in [3.8, 4) is 0 Å². The quantitative estimate of drug-likeness (QED) is 0.475. The van der Waals surface area contributed by atoms with E-state index in [1.807, 2.05) is 0 Å². The number of aliphatic imine (C=N–C) groups is 1. The van der Waals surface area contributed by atoms with Crippen LogP contribution in [0.5, 0.6) is 0 Å². The summed E-state index contributed by atoms with van der Waals surface area (Å²) in [7, 11) is -1.68. The zero-order valence-corrected chi connectivity index (χ0v) is 13.1. The number of nitrogens with one attached hydrogen (secondary N) is 2. The Morgan fingerprint density at radius 1 is 1.19 bits per heavy atom. The van der Waals surface area contributed by atoms with Crippen molar-refractivity contribution in [3.05, 3.63) is 30.3 Å². The van der Waals surface area contributed by atoms with Gasteiger partial charge < -0.3 is 10.2 Å². The number of likely N-dealkylation sites (tertiary alicyclic amines) is 1. The van der Waals surface area contributed by atoms with Crippen molar-refractivity contribution in [2.75, 3.05) is 33.2 Å². The Morgan fingerprint density at radius 2 is 1.86 bits per heavy atom. The minimum atomic E-state index is -3.43. The summed E-state index contributed by atoms with van der Waals surface area (Å²) in [5, 5.41) is 3.18. The predicted octanol–water partition coefficient (Wildman–Crippen LogP) is 0.636. The molecule has 1 saturated heterocycles.